The highest BCUT2D eigenvalue weighted by atomic mass is 35.5. The Morgan fingerprint density at radius 1 is 1.05 bits per heavy atom. The van der Waals surface area contributed by atoms with Gasteiger partial charge in [0.1, 0.15) is 5.54 Å². The second-order valence-corrected chi connectivity index (χ2v) is 13.3. The quantitative estimate of drug-likeness (QED) is 0.498. The van der Waals surface area contributed by atoms with Gasteiger partial charge in [0.05, 0.1) is 5.41 Å². The maximum Gasteiger partial charge on any atom is 0.255 e. The minimum absolute atomic E-state index is 0.0804. The molecular weight excluding hydrogens is 486 g/mol. The Labute approximate surface area is 227 Å². The summed E-state index contributed by atoms with van der Waals surface area (Å²) in [6, 6.07) is 7.60. The van der Waals surface area contributed by atoms with Crippen LogP contribution in [0.1, 0.15) is 71.3 Å². The highest BCUT2D eigenvalue weighted by Gasteiger charge is 2.50. The third-order valence-corrected chi connectivity index (χ3v) is 9.12. The molecule has 2 saturated heterocycles. The molecule has 206 valence electrons. The summed E-state index contributed by atoms with van der Waals surface area (Å²) in [4.78, 5) is 29.6. The van der Waals surface area contributed by atoms with E-state index in [4.69, 9.17) is 17.3 Å². The molecule has 1 aliphatic carbocycles. The predicted octanol–water partition coefficient (Wildman–Crippen LogP) is 3.75. The van der Waals surface area contributed by atoms with E-state index in [9.17, 15) is 9.59 Å². The van der Waals surface area contributed by atoms with Crippen LogP contribution in [-0.4, -0.2) is 66.0 Å². The van der Waals surface area contributed by atoms with Crippen molar-refractivity contribution < 1.29 is 9.59 Å². The number of nitrogens with two attached hydrogens (primary N) is 1. The zero-order valence-corrected chi connectivity index (χ0v) is 23.9. The van der Waals surface area contributed by atoms with Gasteiger partial charge in [-0.2, -0.15) is 0 Å². The summed E-state index contributed by atoms with van der Waals surface area (Å²) in [7, 11) is 2.05. The summed E-state index contributed by atoms with van der Waals surface area (Å²) in [6.07, 6.45) is 7.86. The van der Waals surface area contributed by atoms with Gasteiger partial charge < -0.3 is 16.0 Å². The molecule has 7 nitrogen and oxygen atoms in total. The number of nitrogens with one attached hydrogen (secondary N) is 2. The molecule has 1 atom stereocenters. The first-order valence-corrected chi connectivity index (χ1v) is 14.4. The Hall–Kier alpha value is -1.67. The Morgan fingerprint density at radius 3 is 2.19 bits per heavy atom. The van der Waals surface area contributed by atoms with Crippen LogP contribution in [0.5, 0.6) is 0 Å². The monoisotopic (exact) mass is 531 g/mol. The molecule has 1 saturated carbocycles. The molecule has 3 fully saturated rings. The first-order valence-electron chi connectivity index (χ1n) is 14.0. The fraction of sp³-hybridized carbons (Fsp3) is 0.724. The lowest BCUT2D eigenvalue weighted by atomic mass is 9.63. The van der Waals surface area contributed by atoms with E-state index in [0.29, 0.717) is 30.5 Å². The number of hydrogen-bond acceptors (Lipinski definition) is 5. The number of halogens is 1. The second-order valence-electron chi connectivity index (χ2n) is 12.9. The van der Waals surface area contributed by atoms with Crippen LogP contribution < -0.4 is 16.5 Å². The standard InChI is InChI=1S/C29H46ClN5O2/c1-27(2,3)32-25(36)28(22-8-6-5-7-9-22)14-16-35(17-15-28)33-26(37)29(31,23-19-34(4)20-23)18-21-10-12-24(30)13-11-21/h10-13,22-23H,5-9,14-20,31H2,1-4H3,(H,32,36)(H,33,37)/t29-/m0/s1. The molecular formula is C29H46ClN5O2. The number of hydrazine groups is 1. The zero-order valence-electron chi connectivity index (χ0n) is 23.1. The van der Waals surface area contributed by atoms with Crippen molar-refractivity contribution in [2.24, 2.45) is 23.0 Å². The molecule has 1 aromatic carbocycles. The van der Waals surface area contributed by atoms with Crippen molar-refractivity contribution in [3.05, 3.63) is 34.9 Å². The van der Waals surface area contributed by atoms with Crippen molar-refractivity contribution in [3.63, 3.8) is 0 Å². The SMILES string of the molecule is CN1CC([C@@](N)(Cc2ccc(Cl)cc2)C(=O)NN2CCC(C(=O)NC(C)(C)C)(C3CCCCC3)CC2)C1. The number of carbonyl (C=O) groups is 2. The number of rotatable bonds is 7. The van der Waals surface area contributed by atoms with E-state index in [1.54, 1.807) is 0 Å². The van der Waals surface area contributed by atoms with Gasteiger partial charge in [-0.25, -0.2) is 5.01 Å². The van der Waals surface area contributed by atoms with Crippen LogP contribution in [-0.2, 0) is 16.0 Å². The molecule has 3 aliphatic rings. The molecule has 0 unspecified atom stereocenters. The van der Waals surface area contributed by atoms with Crippen LogP contribution in [0, 0.1) is 17.3 Å². The summed E-state index contributed by atoms with van der Waals surface area (Å²) in [5.41, 5.74) is 9.46. The Kier molecular flexibility index (Phi) is 8.59. The van der Waals surface area contributed by atoms with Gasteiger partial charge in [0.15, 0.2) is 0 Å². The van der Waals surface area contributed by atoms with E-state index in [1.165, 1.54) is 19.3 Å². The van der Waals surface area contributed by atoms with E-state index < -0.39 is 5.54 Å². The van der Waals surface area contributed by atoms with Crippen LogP contribution in [0.3, 0.4) is 0 Å². The summed E-state index contributed by atoms with van der Waals surface area (Å²) >= 11 is 6.08. The van der Waals surface area contributed by atoms with Gasteiger partial charge in [0.25, 0.3) is 5.91 Å². The second kappa shape index (κ2) is 11.2. The molecule has 37 heavy (non-hydrogen) atoms. The molecule has 2 aliphatic heterocycles. The molecule has 2 heterocycles. The average molecular weight is 532 g/mol. The van der Waals surface area contributed by atoms with Gasteiger partial charge in [0, 0.05) is 42.7 Å². The molecule has 0 aromatic heterocycles. The third kappa shape index (κ3) is 6.49. The van der Waals surface area contributed by atoms with Gasteiger partial charge in [0.2, 0.25) is 5.91 Å². The van der Waals surface area contributed by atoms with Gasteiger partial charge in [-0.15, -0.1) is 0 Å². The Balaban J connectivity index is 1.45. The highest BCUT2D eigenvalue weighted by molar-refractivity contribution is 6.30. The maximum absolute atomic E-state index is 13.7. The lowest BCUT2D eigenvalue weighted by Gasteiger charge is -2.49. The molecule has 1 aromatic rings. The summed E-state index contributed by atoms with van der Waals surface area (Å²) < 4.78 is 0. The van der Waals surface area contributed by atoms with Gasteiger partial charge >= 0.3 is 0 Å². The van der Waals surface area contributed by atoms with Crippen molar-refractivity contribution in [3.8, 4) is 0 Å². The first kappa shape index (κ1) is 28.3. The highest BCUT2D eigenvalue weighted by Crippen LogP contribution is 2.46. The van der Waals surface area contributed by atoms with Gasteiger partial charge in [-0.3, -0.25) is 15.0 Å². The van der Waals surface area contributed by atoms with E-state index in [1.807, 2.05) is 50.0 Å². The lowest BCUT2D eigenvalue weighted by Crippen LogP contribution is -2.70. The van der Waals surface area contributed by atoms with Crippen molar-refractivity contribution in [2.75, 3.05) is 33.2 Å². The topological polar surface area (TPSA) is 90.7 Å². The minimum atomic E-state index is -1.01. The fourth-order valence-corrected chi connectivity index (χ4v) is 6.71. The number of nitrogens with zero attached hydrogens (tertiary/aromatic N) is 2. The lowest BCUT2D eigenvalue weighted by molar-refractivity contribution is -0.144. The summed E-state index contributed by atoms with van der Waals surface area (Å²) in [5.74, 6) is 0.540. The van der Waals surface area contributed by atoms with Crippen LogP contribution in [0.4, 0.5) is 0 Å². The molecule has 8 heteroatoms. The molecule has 4 N–H and O–H groups in total. The number of amides is 2. The van der Waals surface area contributed by atoms with Crippen molar-refractivity contribution in [2.45, 2.75) is 83.2 Å². The molecule has 4 rings (SSSR count). The molecule has 2 amide bonds. The summed E-state index contributed by atoms with van der Waals surface area (Å²) in [5, 5.41) is 5.96. The predicted molar refractivity (Wildman–Crippen MR) is 149 cm³/mol. The van der Waals surface area contributed by atoms with Crippen LogP contribution in [0.2, 0.25) is 5.02 Å². The van der Waals surface area contributed by atoms with Crippen molar-refractivity contribution in [1.82, 2.24) is 20.7 Å². The average Bonchev–Trinajstić information content (AvgIpc) is 2.83. The number of likely N-dealkylation sites (tertiary alicyclic amines) is 1. The smallest absolute Gasteiger partial charge is 0.255 e. The number of hydrogen-bond donors (Lipinski definition) is 3. The third-order valence-electron chi connectivity index (χ3n) is 8.87. The van der Waals surface area contributed by atoms with Gasteiger partial charge in [-0.05, 0) is 83.5 Å². The fourth-order valence-electron chi connectivity index (χ4n) is 6.58. The molecule has 0 radical (unpaired) electrons. The first-order chi connectivity index (χ1) is 17.4. The van der Waals surface area contributed by atoms with Crippen molar-refractivity contribution in [1.29, 1.82) is 0 Å². The van der Waals surface area contributed by atoms with E-state index in [2.05, 4.69) is 22.7 Å². The van der Waals surface area contributed by atoms with Crippen LogP contribution in [0.25, 0.3) is 0 Å². The molecule has 0 spiro atoms. The maximum atomic E-state index is 13.7. The largest absolute Gasteiger partial charge is 0.351 e. The van der Waals surface area contributed by atoms with E-state index in [0.717, 1.165) is 44.3 Å². The zero-order chi connectivity index (χ0) is 26.8. The van der Waals surface area contributed by atoms with Crippen LogP contribution in [0.15, 0.2) is 24.3 Å². The number of benzene rings is 1. The van der Waals surface area contributed by atoms with Crippen LogP contribution >= 0.6 is 11.6 Å². The minimum Gasteiger partial charge on any atom is -0.351 e. The van der Waals surface area contributed by atoms with Crippen molar-refractivity contribution >= 4 is 23.4 Å². The normalized spacial score (nSPS) is 23.6. The Bertz CT molecular complexity index is 942. The van der Waals surface area contributed by atoms with E-state index >= 15 is 0 Å². The number of carbonyl (C=O) groups excluding carboxylic acids is 2. The summed E-state index contributed by atoms with van der Waals surface area (Å²) in [6.45, 7) is 9.06. The van der Waals surface area contributed by atoms with Gasteiger partial charge in [-0.1, -0.05) is 43.0 Å². The Morgan fingerprint density at radius 2 is 1.65 bits per heavy atom. The van der Waals surface area contributed by atoms with E-state index in [-0.39, 0.29) is 28.7 Å². The number of piperidine rings is 1. The molecule has 0 bridgehead atoms.